The summed E-state index contributed by atoms with van der Waals surface area (Å²) >= 11 is 0. The van der Waals surface area contributed by atoms with Crippen LogP contribution < -0.4 is 10.9 Å². The average Bonchev–Trinajstić information content (AvgIpc) is 2.49. The Morgan fingerprint density at radius 1 is 1.05 bits per heavy atom. The van der Waals surface area contributed by atoms with E-state index in [4.69, 9.17) is 4.42 Å². The van der Waals surface area contributed by atoms with E-state index in [0.717, 1.165) is 0 Å². The van der Waals surface area contributed by atoms with E-state index in [9.17, 15) is 14.7 Å². The first-order valence-corrected chi connectivity index (χ1v) is 6.27. The minimum atomic E-state index is -0.721. The van der Waals surface area contributed by atoms with Crippen molar-refractivity contribution < 1.29 is 14.3 Å². The SMILES string of the molecule is O=C(Nc1ccccc1O)c1cc2ccccc2oc1=O. The molecule has 5 heteroatoms. The molecule has 2 N–H and O–H groups in total. The van der Waals surface area contributed by atoms with Crippen LogP contribution in [0.2, 0.25) is 0 Å². The number of para-hydroxylation sites is 3. The Labute approximate surface area is 119 Å². The number of hydrogen-bond acceptors (Lipinski definition) is 4. The second-order valence-electron chi connectivity index (χ2n) is 4.46. The zero-order chi connectivity index (χ0) is 14.8. The van der Waals surface area contributed by atoms with Crippen LogP contribution in [0.3, 0.4) is 0 Å². The van der Waals surface area contributed by atoms with E-state index >= 15 is 0 Å². The minimum absolute atomic E-state index is 0.0731. The van der Waals surface area contributed by atoms with E-state index in [0.29, 0.717) is 11.0 Å². The van der Waals surface area contributed by atoms with Gasteiger partial charge in [-0.15, -0.1) is 0 Å². The summed E-state index contributed by atoms with van der Waals surface area (Å²) in [6, 6.07) is 14.7. The molecule has 0 spiro atoms. The molecular formula is C16H11NO4. The maximum atomic E-state index is 12.1. The molecule has 1 heterocycles. The van der Waals surface area contributed by atoms with Crippen LogP contribution in [0.15, 0.2) is 63.8 Å². The molecule has 2 aromatic carbocycles. The Kier molecular flexibility index (Phi) is 3.16. The van der Waals surface area contributed by atoms with Gasteiger partial charge in [-0.2, -0.15) is 0 Å². The normalized spacial score (nSPS) is 10.5. The topological polar surface area (TPSA) is 79.5 Å². The first-order chi connectivity index (χ1) is 10.1. The zero-order valence-electron chi connectivity index (χ0n) is 10.9. The van der Waals surface area contributed by atoms with Gasteiger partial charge < -0.3 is 14.8 Å². The van der Waals surface area contributed by atoms with Gasteiger partial charge in [0, 0.05) is 5.39 Å². The molecule has 3 rings (SSSR count). The van der Waals surface area contributed by atoms with E-state index in [1.54, 1.807) is 36.4 Å². The van der Waals surface area contributed by atoms with Gasteiger partial charge in [-0.1, -0.05) is 30.3 Å². The number of carbonyl (C=O) groups excluding carboxylic acids is 1. The van der Waals surface area contributed by atoms with Crippen LogP contribution in [0.1, 0.15) is 10.4 Å². The maximum absolute atomic E-state index is 12.1. The molecule has 3 aromatic rings. The van der Waals surface area contributed by atoms with Crippen molar-refractivity contribution in [3.8, 4) is 5.75 Å². The summed E-state index contributed by atoms with van der Waals surface area (Å²) in [7, 11) is 0. The monoisotopic (exact) mass is 281 g/mol. The Morgan fingerprint density at radius 3 is 2.57 bits per heavy atom. The van der Waals surface area contributed by atoms with Crippen molar-refractivity contribution in [3.05, 3.63) is 70.6 Å². The second kappa shape index (κ2) is 5.13. The average molecular weight is 281 g/mol. The standard InChI is InChI=1S/C16H11NO4/c18-13-7-3-2-6-12(13)17-15(19)11-9-10-5-1-4-8-14(10)21-16(11)20/h1-9,18H,(H,17,19). The van der Waals surface area contributed by atoms with Crippen molar-refractivity contribution in [2.24, 2.45) is 0 Å². The highest BCUT2D eigenvalue weighted by molar-refractivity contribution is 6.06. The lowest BCUT2D eigenvalue weighted by Crippen LogP contribution is -2.20. The maximum Gasteiger partial charge on any atom is 0.349 e. The Bertz CT molecular complexity index is 883. The van der Waals surface area contributed by atoms with Gasteiger partial charge in [0.05, 0.1) is 5.69 Å². The van der Waals surface area contributed by atoms with Crippen molar-refractivity contribution in [2.45, 2.75) is 0 Å². The molecule has 0 fully saturated rings. The number of nitrogens with one attached hydrogen (secondary N) is 1. The first-order valence-electron chi connectivity index (χ1n) is 6.27. The molecule has 0 aliphatic carbocycles. The van der Waals surface area contributed by atoms with Gasteiger partial charge in [-0.05, 0) is 24.3 Å². The number of phenols is 1. The van der Waals surface area contributed by atoms with E-state index < -0.39 is 11.5 Å². The van der Waals surface area contributed by atoms with Gasteiger partial charge in [-0.3, -0.25) is 4.79 Å². The highest BCUT2D eigenvalue weighted by Crippen LogP contribution is 2.22. The van der Waals surface area contributed by atoms with Crippen LogP contribution in [0.4, 0.5) is 5.69 Å². The fourth-order valence-electron chi connectivity index (χ4n) is 1.99. The summed E-state index contributed by atoms with van der Waals surface area (Å²) in [4.78, 5) is 24.0. The summed E-state index contributed by atoms with van der Waals surface area (Å²) < 4.78 is 5.10. The lowest BCUT2D eigenvalue weighted by molar-refractivity contribution is 0.102. The molecule has 5 nitrogen and oxygen atoms in total. The van der Waals surface area contributed by atoms with Gasteiger partial charge in [0.1, 0.15) is 16.9 Å². The van der Waals surface area contributed by atoms with Gasteiger partial charge in [0.2, 0.25) is 0 Å². The smallest absolute Gasteiger partial charge is 0.349 e. The quantitative estimate of drug-likeness (QED) is 0.559. The van der Waals surface area contributed by atoms with Crippen molar-refractivity contribution >= 4 is 22.6 Å². The third-order valence-corrected chi connectivity index (χ3v) is 3.04. The molecule has 0 saturated carbocycles. The fraction of sp³-hybridized carbons (Fsp3) is 0. The van der Waals surface area contributed by atoms with Crippen LogP contribution in [0, 0.1) is 0 Å². The number of rotatable bonds is 2. The third-order valence-electron chi connectivity index (χ3n) is 3.04. The molecule has 0 aliphatic heterocycles. The minimum Gasteiger partial charge on any atom is -0.506 e. The van der Waals surface area contributed by atoms with Gasteiger partial charge >= 0.3 is 5.63 Å². The molecule has 1 aromatic heterocycles. The highest BCUT2D eigenvalue weighted by atomic mass is 16.4. The Morgan fingerprint density at radius 2 is 1.76 bits per heavy atom. The van der Waals surface area contributed by atoms with Crippen molar-refractivity contribution in [1.29, 1.82) is 0 Å². The van der Waals surface area contributed by atoms with Gasteiger partial charge in [0.25, 0.3) is 5.91 Å². The molecule has 104 valence electrons. The summed E-state index contributed by atoms with van der Waals surface area (Å²) in [5.74, 6) is -0.702. The summed E-state index contributed by atoms with van der Waals surface area (Å²) in [6.45, 7) is 0. The van der Waals surface area contributed by atoms with Gasteiger partial charge in [-0.25, -0.2) is 4.79 Å². The lowest BCUT2D eigenvalue weighted by atomic mass is 10.1. The molecule has 0 radical (unpaired) electrons. The van der Waals surface area contributed by atoms with Crippen molar-refractivity contribution in [2.75, 3.05) is 5.32 Å². The predicted octanol–water partition coefficient (Wildman–Crippen LogP) is 2.75. The van der Waals surface area contributed by atoms with E-state index in [-0.39, 0.29) is 17.0 Å². The molecule has 0 unspecified atom stereocenters. The number of fused-ring (bicyclic) bond motifs is 1. The fourth-order valence-corrected chi connectivity index (χ4v) is 1.99. The summed E-state index contributed by atoms with van der Waals surface area (Å²) in [5.41, 5.74) is -0.185. The third kappa shape index (κ3) is 2.49. The van der Waals surface area contributed by atoms with Crippen LogP contribution in [0.5, 0.6) is 5.75 Å². The zero-order valence-corrected chi connectivity index (χ0v) is 10.9. The number of hydrogen-bond donors (Lipinski definition) is 2. The molecule has 1 amide bonds. The molecule has 0 bridgehead atoms. The molecule has 21 heavy (non-hydrogen) atoms. The van der Waals surface area contributed by atoms with Crippen molar-refractivity contribution in [3.63, 3.8) is 0 Å². The number of phenolic OH excluding ortho intramolecular Hbond substituents is 1. The first kappa shape index (κ1) is 12.9. The summed E-state index contributed by atoms with van der Waals surface area (Å²) in [6.07, 6.45) is 0. The number of anilines is 1. The second-order valence-corrected chi connectivity index (χ2v) is 4.46. The molecule has 0 saturated heterocycles. The Balaban J connectivity index is 2.00. The number of amides is 1. The molecular weight excluding hydrogens is 270 g/mol. The number of benzene rings is 2. The van der Waals surface area contributed by atoms with Gasteiger partial charge in [0.15, 0.2) is 0 Å². The van der Waals surface area contributed by atoms with E-state index in [1.807, 2.05) is 0 Å². The van der Waals surface area contributed by atoms with Crippen LogP contribution in [-0.2, 0) is 0 Å². The van der Waals surface area contributed by atoms with E-state index in [1.165, 1.54) is 18.2 Å². The summed E-state index contributed by atoms with van der Waals surface area (Å²) in [5, 5.41) is 12.8. The number of aromatic hydroxyl groups is 1. The van der Waals surface area contributed by atoms with Crippen LogP contribution in [0.25, 0.3) is 11.0 Å². The largest absolute Gasteiger partial charge is 0.506 e. The number of carbonyl (C=O) groups is 1. The van der Waals surface area contributed by atoms with E-state index in [2.05, 4.69) is 5.32 Å². The van der Waals surface area contributed by atoms with Crippen LogP contribution in [-0.4, -0.2) is 11.0 Å². The molecule has 0 atom stereocenters. The highest BCUT2D eigenvalue weighted by Gasteiger charge is 2.14. The van der Waals surface area contributed by atoms with Crippen molar-refractivity contribution in [1.82, 2.24) is 0 Å². The van der Waals surface area contributed by atoms with Crippen LogP contribution >= 0.6 is 0 Å². The predicted molar refractivity (Wildman–Crippen MR) is 78.5 cm³/mol. The lowest BCUT2D eigenvalue weighted by Gasteiger charge is -2.06. The Hall–Kier alpha value is -3.08. The molecule has 0 aliphatic rings.